The number of piperidine rings is 1. The summed E-state index contributed by atoms with van der Waals surface area (Å²) in [5.41, 5.74) is -1.05. The van der Waals surface area contributed by atoms with Gasteiger partial charge in [0.15, 0.2) is 0 Å². The highest BCUT2D eigenvalue weighted by atomic mass is 16.4. The average molecular weight is 256 g/mol. The number of hydrogen-bond acceptors (Lipinski definition) is 2. The van der Waals surface area contributed by atoms with Gasteiger partial charge in [0.1, 0.15) is 5.54 Å². The number of hydrogen-bond donors (Lipinski definition) is 1. The molecule has 5 nitrogen and oxygen atoms in total. The van der Waals surface area contributed by atoms with Gasteiger partial charge in [0.05, 0.1) is 0 Å². The molecule has 0 bridgehead atoms. The van der Waals surface area contributed by atoms with Crippen LogP contribution < -0.4 is 0 Å². The summed E-state index contributed by atoms with van der Waals surface area (Å²) in [6.45, 7) is 6.90. The van der Waals surface area contributed by atoms with E-state index in [9.17, 15) is 14.7 Å². The average Bonchev–Trinajstić information content (AvgIpc) is 2.27. The van der Waals surface area contributed by atoms with Crippen LogP contribution in [0.2, 0.25) is 0 Å². The zero-order valence-electron chi connectivity index (χ0n) is 11.8. The molecule has 5 heteroatoms. The molecule has 1 aliphatic heterocycles. The number of carbonyl (C=O) groups is 2. The third-order valence-corrected chi connectivity index (χ3v) is 3.55. The second-order valence-corrected chi connectivity index (χ2v) is 5.74. The Kier molecular flexibility index (Phi) is 4.59. The Morgan fingerprint density at radius 1 is 1.39 bits per heavy atom. The molecule has 0 aromatic carbocycles. The van der Waals surface area contributed by atoms with Crippen LogP contribution in [0, 0.1) is 5.92 Å². The molecule has 1 unspecified atom stereocenters. The van der Waals surface area contributed by atoms with Crippen LogP contribution >= 0.6 is 0 Å². The number of amides is 2. The maximum atomic E-state index is 12.3. The lowest BCUT2D eigenvalue weighted by Crippen LogP contribution is -2.60. The van der Waals surface area contributed by atoms with Crippen molar-refractivity contribution in [3.8, 4) is 0 Å². The fourth-order valence-corrected chi connectivity index (χ4v) is 2.48. The quantitative estimate of drug-likeness (QED) is 0.840. The third kappa shape index (κ3) is 2.94. The number of carbonyl (C=O) groups excluding carboxylic acids is 1. The minimum atomic E-state index is -1.05. The second kappa shape index (κ2) is 5.59. The van der Waals surface area contributed by atoms with Gasteiger partial charge < -0.3 is 14.9 Å². The van der Waals surface area contributed by atoms with Crippen molar-refractivity contribution in [3.63, 3.8) is 0 Å². The Bertz CT molecular complexity index is 330. The first-order valence-corrected chi connectivity index (χ1v) is 6.55. The molecule has 1 N–H and O–H groups in total. The highest BCUT2D eigenvalue weighted by Gasteiger charge is 2.44. The normalized spacial score (nSPS) is 24.2. The van der Waals surface area contributed by atoms with Gasteiger partial charge >= 0.3 is 12.0 Å². The van der Waals surface area contributed by atoms with Gasteiger partial charge in [-0.2, -0.15) is 0 Å². The summed E-state index contributed by atoms with van der Waals surface area (Å²) < 4.78 is 0. The number of carboxylic acid groups (broad SMARTS) is 1. The first kappa shape index (κ1) is 14.8. The van der Waals surface area contributed by atoms with Crippen LogP contribution in [0.15, 0.2) is 0 Å². The van der Waals surface area contributed by atoms with Gasteiger partial charge in [-0.05, 0) is 32.1 Å². The van der Waals surface area contributed by atoms with Crippen LogP contribution in [0.25, 0.3) is 0 Å². The zero-order valence-corrected chi connectivity index (χ0v) is 11.8. The highest BCUT2D eigenvalue weighted by Crippen LogP contribution is 2.29. The van der Waals surface area contributed by atoms with Crippen LogP contribution in [0.3, 0.4) is 0 Å². The Morgan fingerprint density at radius 3 is 2.50 bits per heavy atom. The van der Waals surface area contributed by atoms with E-state index in [4.69, 9.17) is 0 Å². The lowest BCUT2D eigenvalue weighted by Gasteiger charge is -2.43. The molecule has 0 aromatic rings. The van der Waals surface area contributed by atoms with Gasteiger partial charge in [0, 0.05) is 20.1 Å². The number of aliphatic carboxylic acids is 1. The van der Waals surface area contributed by atoms with Gasteiger partial charge in [-0.25, -0.2) is 9.59 Å². The first-order chi connectivity index (χ1) is 8.29. The maximum Gasteiger partial charge on any atom is 0.329 e. The molecule has 2 amide bonds. The minimum Gasteiger partial charge on any atom is -0.480 e. The third-order valence-electron chi connectivity index (χ3n) is 3.55. The standard InChI is InChI=1S/C13H24N2O3/c1-10(2)9-14(4)12(18)15-8-6-5-7-13(15,3)11(16)17/h10H,5-9H2,1-4H3,(H,16,17). The van der Waals surface area contributed by atoms with Crippen molar-refractivity contribution in [3.05, 3.63) is 0 Å². The molecule has 1 saturated heterocycles. The molecule has 1 aliphatic rings. The first-order valence-electron chi connectivity index (χ1n) is 6.55. The molecule has 1 rings (SSSR count). The monoisotopic (exact) mass is 256 g/mol. The van der Waals surface area contributed by atoms with Crippen LogP contribution in [0.1, 0.15) is 40.0 Å². The highest BCUT2D eigenvalue weighted by molar-refractivity contribution is 5.86. The summed E-state index contributed by atoms with van der Waals surface area (Å²) in [5, 5.41) is 9.37. The molecule has 0 saturated carbocycles. The van der Waals surface area contributed by atoms with Gasteiger partial charge in [0.25, 0.3) is 0 Å². The molecule has 1 fully saturated rings. The molecule has 104 valence electrons. The van der Waals surface area contributed by atoms with Crippen molar-refractivity contribution in [2.24, 2.45) is 5.92 Å². The van der Waals surface area contributed by atoms with E-state index in [1.165, 1.54) is 4.90 Å². The number of nitrogens with zero attached hydrogens (tertiary/aromatic N) is 2. The second-order valence-electron chi connectivity index (χ2n) is 5.74. The molecule has 0 aromatic heterocycles. The lowest BCUT2D eigenvalue weighted by molar-refractivity contribution is -0.150. The van der Waals surface area contributed by atoms with Crippen molar-refractivity contribution in [2.45, 2.75) is 45.6 Å². The largest absolute Gasteiger partial charge is 0.480 e. The van der Waals surface area contributed by atoms with E-state index >= 15 is 0 Å². The fourth-order valence-electron chi connectivity index (χ4n) is 2.48. The van der Waals surface area contributed by atoms with Gasteiger partial charge in [-0.3, -0.25) is 0 Å². The summed E-state index contributed by atoms with van der Waals surface area (Å²) in [6.07, 6.45) is 2.27. The van der Waals surface area contributed by atoms with Crippen LogP contribution in [0.5, 0.6) is 0 Å². The van der Waals surface area contributed by atoms with E-state index in [0.29, 0.717) is 25.4 Å². The molecule has 18 heavy (non-hydrogen) atoms. The fraction of sp³-hybridized carbons (Fsp3) is 0.846. The van der Waals surface area contributed by atoms with E-state index < -0.39 is 11.5 Å². The summed E-state index contributed by atoms with van der Waals surface area (Å²) in [7, 11) is 1.74. The molecule has 0 radical (unpaired) electrons. The summed E-state index contributed by atoms with van der Waals surface area (Å²) in [4.78, 5) is 26.9. The Labute approximate surface area is 109 Å². The van der Waals surface area contributed by atoms with Crippen molar-refractivity contribution >= 4 is 12.0 Å². The summed E-state index contributed by atoms with van der Waals surface area (Å²) in [6, 6.07) is -0.173. The molecular formula is C13H24N2O3. The van der Waals surface area contributed by atoms with E-state index in [1.54, 1.807) is 18.9 Å². The Balaban J connectivity index is 2.84. The number of carboxylic acids is 1. The minimum absolute atomic E-state index is 0.173. The van der Waals surface area contributed by atoms with Gasteiger partial charge in [-0.1, -0.05) is 13.8 Å². The lowest BCUT2D eigenvalue weighted by atomic mass is 9.89. The Hall–Kier alpha value is -1.26. The summed E-state index contributed by atoms with van der Waals surface area (Å²) >= 11 is 0. The smallest absolute Gasteiger partial charge is 0.329 e. The van der Waals surface area contributed by atoms with Gasteiger partial charge in [0.2, 0.25) is 0 Å². The maximum absolute atomic E-state index is 12.3. The predicted octanol–water partition coefficient (Wildman–Crippen LogP) is 2.02. The van der Waals surface area contributed by atoms with E-state index in [-0.39, 0.29) is 6.03 Å². The zero-order chi connectivity index (χ0) is 13.9. The van der Waals surface area contributed by atoms with Crippen molar-refractivity contribution in [1.82, 2.24) is 9.80 Å². The molecule has 1 heterocycles. The molecular weight excluding hydrogens is 232 g/mol. The van der Waals surface area contributed by atoms with E-state index in [0.717, 1.165) is 12.8 Å². The van der Waals surface area contributed by atoms with Crippen molar-refractivity contribution in [1.29, 1.82) is 0 Å². The van der Waals surface area contributed by atoms with Crippen LogP contribution in [0.4, 0.5) is 4.79 Å². The van der Waals surface area contributed by atoms with E-state index in [1.807, 2.05) is 13.8 Å². The molecule has 0 spiro atoms. The number of likely N-dealkylation sites (tertiary alicyclic amines) is 1. The molecule has 0 aliphatic carbocycles. The number of rotatable bonds is 3. The topological polar surface area (TPSA) is 60.9 Å². The van der Waals surface area contributed by atoms with Crippen LogP contribution in [-0.4, -0.2) is 52.6 Å². The molecule has 1 atom stereocenters. The predicted molar refractivity (Wildman–Crippen MR) is 69.5 cm³/mol. The summed E-state index contributed by atoms with van der Waals surface area (Å²) in [5.74, 6) is -0.534. The van der Waals surface area contributed by atoms with Crippen LogP contribution in [-0.2, 0) is 4.79 Å². The Morgan fingerprint density at radius 2 is 2.00 bits per heavy atom. The van der Waals surface area contributed by atoms with Gasteiger partial charge in [-0.15, -0.1) is 0 Å². The number of urea groups is 1. The van der Waals surface area contributed by atoms with E-state index in [2.05, 4.69) is 0 Å². The van der Waals surface area contributed by atoms with Crippen molar-refractivity contribution < 1.29 is 14.7 Å². The van der Waals surface area contributed by atoms with Crippen molar-refractivity contribution in [2.75, 3.05) is 20.1 Å². The SMILES string of the molecule is CC(C)CN(C)C(=O)N1CCCCC1(C)C(=O)O.